The second-order valence-electron chi connectivity index (χ2n) is 7.37. The van der Waals surface area contributed by atoms with E-state index in [1.54, 1.807) is 0 Å². The van der Waals surface area contributed by atoms with Crippen molar-refractivity contribution in [1.82, 2.24) is 9.46 Å². The maximum Gasteiger partial charge on any atom is 0.184 e. The van der Waals surface area contributed by atoms with Gasteiger partial charge in [-0.3, -0.25) is 4.72 Å². The van der Waals surface area contributed by atoms with Gasteiger partial charge in [0.2, 0.25) is 0 Å². The minimum absolute atomic E-state index is 0.320. The summed E-state index contributed by atoms with van der Waals surface area (Å²) in [6.45, 7) is 2.33. The largest absolute Gasteiger partial charge is 0.371 e. The molecular formula is C18H22N4OS. The first-order valence-corrected chi connectivity index (χ1v) is 9.42. The minimum Gasteiger partial charge on any atom is -0.371 e. The maximum atomic E-state index is 5.79. The number of aromatic nitrogens is 1. The van der Waals surface area contributed by atoms with Gasteiger partial charge in [0.1, 0.15) is 0 Å². The summed E-state index contributed by atoms with van der Waals surface area (Å²) >= 11 is 1.54. The van der Waals surface area contributed by atoms with Gasteiger partial charge in [0.05, 0.1) is 0 Å². The summed E-state index contributed by atoms with van der Waals surface area (Å²) in [4.78, 5) is 2.44. The molecule has 1 saturated carbocycles. The van der Waals surface area contributed by atoms with Crippen molar-refractivity contribution >= 4 is 23.6 Å². The maximum absolute atomic E-state index is 5.79. The smallest absolute Gasteiger partial charge is 0.184 e. The first kappa shape index (κ1) is 14.7. The highest BCUT2D eigenvalue weighted by atomic mass is 32.2. The molecule has 1 saturated heterocycles. The summed E-state index contributed by atoms with van der Waals surface area (Å²) in [5.41, 5.74) is 5.60. The predicted molar refractivity (Wildman–Crippen MR) is 98.3 cm³/mol. The molecule has 6 heteroatoms. The monoisotopic (exact) mass is 342 g/mol. The Morgan fingerprint density at radius 2 is 2.12 bits per heavy atom. The van der Waals surface area contributed by atoms with E-state index in [4.69, 9.17) is 4.52 Å². The summed E-state index contributed by atoms with van der Waals surface area (Å²) < 4.78 is 11.1. The van der Waals surface area contributed by atoms with Crippen LogP contribution in [0.3, 0.4) is 0 Å². The van der Waals surface area contributed by atoms with Gasteiger partial charge in [0, 0.05) is 47.5 Å². The number of rotatable bonds is 4. The normalized spacial score (nSPS) is 19.9. The molecule has 2 aliphatic carbocycles. The first-order valence-electron chi connectivity index (χ1n) is 8.65. The van der Waals surface area contributed by atoms with E-state index in [-0.39, 0.29) is 0 Å². The number of benzene rings is 1. The molecule has 1 N–H and O–H groups in total. The van der Waals surface area contributed by atoms with E-state index in [0.717, 1.165) is 18.0 Å². The number of hydrogen-bond donors (Lipinski definition) is 1. The van der Waals surface area contributed by atoms with Gasteiger partial charge in [-0.15, -0.1) is 0 Å². The molecule has 1 aromatic heterocycles. The van der Waals surface area contributed by atoms with Crippen LogP contribution in [0.2, 0.25) is 0 Å². The van der Waals surface area contributed by atoms with Gasteiger partial charge >= 0.3 is 0 Å². The average molecular weight is 342 g/mol. The van der Waals surface area contributed by atoms with E-state index in [1.807, 2.05) is 18.4 Å². The quantitative estimate of drug-likeness (QED) is 0.855. The van der Waals surface area contributed by atoms with Crippen LogP contribution in [-0.2, 0) is 11.8 Å². The standard InChI is InChI=1S/C18H22N4OS/c1-21(2)24-20-17-14-11-18(6-7-18)15-5-4-12(22-8-3-9-22)10-13(15)16(14)23-19-17/h4-5,10H,3,6-9,11H2,1-2H3,(H,19,20). The molecule has 0 amide bonds. The van der Waals surface area contributed by atoms with E-state index in [2.05, 4.69) is 33.0 Å². The Hall–Kier alpha value is -1.66. The molecule has 1 spiro atoms. The van der Waals surface area contributed by atoms with Crippen LogP contribution in [0.15, 0.2) is 22.7 Å². The summed E-state index contributed by atoms with van der Waals surface area (Å²) in [5.74, 6) is 1.85. The van der Waals surface area contributed by atoms with Gasteiger partial charge in [-0.05, 0) is 57.5 Å². The zero-order valence-electron chi connectivity index (χ0n) is 14.1. The van der Waals surface area contributed by atoms with E-state index in [9.17, 15) is 0 Å². The van der Waals surface area contributed by atoms with Crippen LogP contribution < -0.4 is 9.62 Å². The lowest BCUT2D eigenvalue weighted by Gasteiger charge is -2.34. The fourth-order valence-electron chi connectivity index (χ4n) is 3.88. The molecule has 2 fully saturated rings. The van der Waals surface area contributed by atoms with Gasteiger partial charge in [-0.25, -0.2) is 4.31 Å². The lowest BCUT2D eigenvalue weighted by Crippen LogP contribution is -2.37. The Morgan fingerprint density at radius 3 is 2.79 bits per heavy atom. The van der Waals surface area contributed by atoms with Crippen molar-refractivity contribution in [3.63, 3.8) is 0 Å². The number of nitrogens with zero attached hydrogens (tertiary/aromatic N) is 3. The zero-order chi connectivity index (χ0) is 16.3. The van der Waals surface area contributed by atoms with Crippen LogP contribution in [0.4, 0.5) is 11.5 Å². The molecule has 126 valence electrons. The van der Waals surface area contributed by atoms with Crippen molar-refractivity contribution in [3.05, 3.63) is 29.3 Å². The summed E-state index contributed by atoms with van der Waals surface area (Å²) in [6, 6.07) is 6.95. The molecule has 5 rings (SSSR count). The van der Waals surface area contributed by atoms with Crippen LogP contribution in [-0.4, -0.2) is 36.6 Å². The zero-order valence-corrected chi connectivity index (χ0v) is 14.9. The lowest BCUT2D eigenvalue weighted by atomic mass is 9.79. The fourth-order valence-corrected chi connectivity index (χ4v) is 4.31. The predicted octanol–water partition coefficient (Wildman–Crippen LogP) is 3.68. The highest BCUT2D eigenvalue weighted by molar-refractivity contribution is 7.98. The molecule has 2 heterocycles. The Morgan fingerprint density at radius 1 is 1.29 bits per heavy atom. The Bertz CT molecular complexity index is 792. The third-order valence-electron chi connectivity index (χ3n) is 5.52. The highest BCUT2D eigenvalue weighted by Gasteiger charge is 2.50. The third-order valence-corrected chi connectivity index (χ3v) is 6.17. The summed E-state index contributed by atoms with van der Waals surface area (Å²) in [7, 11) is 4.03. The SMILES string of the molecule is CN(C)SNc1noc2c1CC1(CC1)c1ccc(N3CCC3)cc1-2. The Balaban J connectivity index is 1.57. The van der Waals surface area contributed by atoms with Crippen molar-refractivity contribution in [2.24, 2.45) is 0 Å². The van der Waals surface area contributed by atoms with Crippen LogP contribution in [0.25, 0.3) is 11.3 Å². The van der Waals surface area contributed by atoms with Crippen molar-refractivity contribution in [2.75, 3.05) is 36.8 Å². The number of fused-ring (bicyclic) bond motifs is 4. The van der Waals surface area contributed by atoms with E-state index >= 15 is 0 Å². The molecule has 2 aromatic rings. The minimum atomic E-state index is 0.320. The van der Waals surface area contributed by atoms with Crippen LogP contribution in [0.1, 0.15) is 30.4 Å². The second-order valence-corrected chi connectivity index (χ2v) is 8.49. The molecule has 3 aliphatic rings. The molecule has 24 heavy (non-hydrogen) atoms. The van der Waals surface area contributed by atoms with Crippen molar-refractivity contribution in [3.8, 4) is 11.3 Å². The van der Waals surface area contributed by atoms with Crippen molar-refractivity contribution in [2.45, 2.75) is 31.1 Å². The molecule has 0 unspecified atom stereocenters. The highest BCUT2D eigenvalue weighted by Crippen LogP contribution is 2.58. The molecule has 1 aromatic carbocycles. The van der Waals surface area contributed by atoms with Crippen LogP contribution >= 0.6 is 12.1 Å². The molecule has 5 nitrogen and oxygen atoms in total. The van der Waals surface area contributed by atoms with Gasteiger partial charge in [0.15, 0.2) is 11.6 Å². The number of hydrogen-bond acceptors (Lipinski definition) is 6. The molecule has 0 radical (unpaired) electrons. The van der Waals surface area contributed by atoms with Gasteiger partial charge in [-0.2, -0.15) is 0 Å². The van der Waals surface area contributed by atoms with E-state index < -0.39 is 0 Å². The Labute approximate surface area is 146 Å². The second kappa shape index (κ2) is 5.17. The van der Waals surface area contributed by atoms with Crippen molar-refractivity contribution in [1.29, 1.82) is 0 Å². The number of anilines is 2. The van der Waals surface area contributed by atoms with Gasteiger partial charge in [0.25, 0.3) is 0 Å². The number of nitrogens with one attached hydrogen (secondary N) is 1. The average Bonchev–Trinajstić information content (AvgIpc) is 3.15. The third kappa shape index (κ3) is 2.16. The summed E-state index contributed by atoms with van der Waals surface area (Å²) in [5, 5.41) is 4.32. The Kier molecular flexibility index (Phi) is 3.16. The lowest BCUT2D eigenvalue weighted by molar-refractivity contribution is 0.431. The first-order chi connectivity index (χ1) is 11.7. The molecule has 1 aliphatic heterocycles. The van der Waals surface area contributed by atoms with Gasteiger partial charge in [-0.1, -0.05) is 11.2 Å². The van der Waals surface area contributed by atoms with Crippen LogP contribution in [0.5, 0.6) is 0 Å². The van der Waals surface area contributed by atoms with E-state index in [1.165, 1.54) is 66.9 Å². The van der Waals surface area contributed by atoms with Gasteiger partial charge < -0.3 is 9.42 Å². The van der Waals surface area contributed by atoms with Crippen molar-refractivity contribution < 1.29 is 4.52 Å². The summed E-state index contributed by atoms with van der Waals surface area (Å²) in [6.07, 6.45) is 4.88. The fraction of sp³-hybridized carbons (Fsp3) is 0.500. The van der Waals surface area contributed by atoms with Crippen LogP contribution in [0, 0.1) is 0 Å². The molecule has 0 bridgehead atoms. The van der Waals surface area contributed by atoms with E-state index in [0.29, 0.717) is 5.41 Å². The topological polar surface area (TPSA) is 44.5 Å². The molecular weight excluding hydrogens is 320 g/mol. The molecule has 0 atom stereocenters.